The van der Waals surface area contributed by atoms with Crippen molar-refractivity contribution >= 4 is 92.8 Å². The number of allylic oxidation sites excluding steroid dienone is 4. The van der Waals surface area contributed by atoms with E-state index in [4.69, 9.17) is 0 Å². The Morgan fingerprint density at radius 2 is 0.936 bits per heavy atom. The average molecular weight is 1430 g/mol. The fourth-order valence-corrected chi connectivity index (χ4v) is 29.6. The van der Waals surface area contributed by atoms with Crippen molar-refractivity contribution < 1.29 is 0 Å². The third kappa shape index (κ3) is 7.73. The fraction of sp³-hybridized carbons (Fsp3) is 0.271. The summed E-state index contributed by atoms with van der Waals surface area (Å²) in [5.41, 5.74) is 35.7. The van der Waals surface area contributed by atoms with Crippen LogP contribution in [0.2, 0.25) is 0 Å². The largest absolute Gasteiger partial charge is 0.310 e. The Hall–Kier alpha value is -10.3. The first kappa shape index (κ1) is 62.4. The lowest BCUT2D eigenvalue weighted by molar-refractivity contribution is -0.0399. The molecule has 2 nitrogen and oxygen atoms in total. The van der Waals surface area contributed by atoms with Gasteiger partial charge in [0.25, 0.3) is 0 Å². The Morgan fingerprint density at radius 1 is 0.364 bits per heavy atom. The number of hydrogen-bond donors (Lipinski definition) is 0. The highest BCUT2D eigenvalue weighted by Gasteiger charge is 2.80. The minimum atomic E-state index is -0.128. The van der Waals surface area contributed by atoms with Crippen LogP contribution in [0.15, 0.2) is 279 Å². The predicted octanol–water partition coefficient (Wildman–Crippen LogP) is 28.4. The fourth-order valence-electron chi connectivity index (χ4n) is 28.5. The maximum Gasteiger partial charge on any atom is 0.0543 e. The molecule has 0 amide bonds. The summed E-state index contributed by atoms with van der Waals surface area (Å²) in [6.07, 6.45) is 21.0. The van der Waals surface area contributed by atoms with E-state index in [2.05, 4.69) is 311 Å². The van der Waals surface area contributed by atoms with Crippen molar-refractivity contribution in [2.24, 2.45) is 46.8 Å². The molecule has 0 N–H and O–H groups in total. The second-order valence-corrected chi connectivity index (χ2v) is 38.6. The molecule has 13 aliphatic rings. The normalized spacial score (nSPS) is 27.9. The zero-order valence-corrected chi connectivity index (χ0v) is 64.1. The van der Waals surface area contributed by atoms with Crippen LogP contribution in [-0.4, -0.2) is 0 Å². The van der Waals surface area contributed by atoms with Crippen molar-refractivity contribution in [2.45, 2.75) is 132 Å². The molecule has 532 valence electrons. The molecule has 13 aliphatic carbocycles. The summed E-state index contributed by atoms with van der Waals surface area (Å²) in [4.78, 5) is 5.34. The average Bonchev–Trinajstić information content (AvgIpc) is 1.46. The van der Waals surface area contributed by atoms with Crippen LogP contribution in [0.5, 0.6) is 0 Å². The summed E-state index contributed by atoms with van der Waals surface area (Å²) in [7, 11) is 0. The molecule has 3 heteroatoms. The van der Waals surface area contributed by atoms with Crippen LogP contribution in [0, 0.1) is 46.8 Å². The van der Waals surface area contributed by atoms with Gasteiger partial charge in [-0.3, -0.25) is 0 Å². The van der Waals surface area contributed by atoms with E-state index in [1.807, 2.05) is 11.3 Å². The molecule has 13 aromatic carbocycles. The summed E-state index contributed by atoms with van der Waals surface area (Å²) in [6.45, 7) is 9.74. The molecule has 27 rings (SSSR count). The third-order valence-electron chi connectivity index (χ3n) is 32.4. The first-order chi connectivity index (χ1) is 53.9. The molecule has 1 heterocycles. The maximum absolute atomic E-state index is 2.72. The maximum atomic E-state index is 2.72. The molecule has 6 atom stereocenters. The van der Waals surface area contributed by atoms with Crippen LogP contribution < -0.4 is 9.80 Å². The Morgan fingerprint density at radius 3 is 1.67 bits per heavy atom. The van der Waals surface area contributed by atoms with E-state index in [1.54, 1.807) is 27.8 Å². The summed E-state index contributed by atoms with van der Waals surface area (Å²) in [5, 5.41) is 8.12. The quantitative estimate of drug-likeness (QED) is 0.140. The molecule has 3 spiro atoms. The predicted molar refractivity (Wildman–Crippen MR) is 459 cm³/mol. The number of rotatable bonds is 8. The topological polar surface area (TPSA) is 6.48 Å². The van der Waals surface area contributed by atoms with E-state index in [-0.39, 0.29) is 27.1 Å². The third-order valence-corrected chi connectivity index (χ3v) is 33.6. The molecule has 14 aromatic rings. The number of benzene rings is 13. The highest BCUT2D eigenvalue weighted by molar-refractivity contribution is 7.25. The van der Waals surface area contributed by atoms with Crippen molar-refractivity contribution in [3.63, 3.8) is 0 Å². The van der Waals surface area contributed by atoms with Gasteiger partial charge in [-0.25, -0.2) is 0 Å². The molecule has 8 saturated carbocycles. The van der Waals surface area contributed by atoms with Crippen LogP contribution in [0.3, 0.4) is 0 Å². The van der Waals surface area contributed by atoms with E-state index in [0.717, 1.165) is 30.6 Å². The van der Waals surface area contributed by atoms with Gasteiger partial charge in [0.1, 0.15) is 0 Å². The molecule has 7 bridgehead atoms. The Kier molecular flexibility index (Phi) is 12.2. The van der Waals surface area contributed by atoms with Gasteiger partial charge in [0.2, 0.25) is 0 Å². The van der Waals surface area contributed by atoms with Crippen LogP contribution >= 0.6 is 11.3 Å². The van der Waals surface area contributed by atoms with Gasteiger partial charge in [-0.1, -0.05) is 221 Å². The second-order valence-electron chi connectivity index (χ2n) is 37.5. The molecule has 110 heavy (non-hydrogen) atoms. The molecule has 1 aromatic heterocycles. The highest BCUT2D eigenvalue weighted by atomic mass is 32.1. The van der Waals surface area contributed by atoms with Crippen LogP contribution in [0.1, 0.15) is 155 Å². The lowest BCUT2D eigenvalue weighted by Crippen LogP contribution is -2.55. The van der Waals surface area contributed by atoms with Gasteiger partial charge in [-0.05, 0) is 325 Å². The summed E-state index contributed by atoms with van der Waals surface area (Å²) in [6, 6.07) is 104. The summed E-state index contributed by atoms with van der Waals surface area (Å²) >= 11 is 1.92. The minimum absolute atomic E-state index is 0.0263. The van der Waals surface area contributed by atoms with E-state index < -0.39 is 0 Å². The van der Waals surface area contributed by atoms with Gasteiger partial charge >= 0.3 is 0 Å². The lowest BCUT2D eigenvalue weighted by atomic mass is 9.43. The SMILES string of the molecule is CC1(C)c2ccccc2-c2ccc(N(c3ccc4sc5ccccc5c4c3)c3cccc4c3C3=C(CCC=C3)C43C4CC5(c6ccc7ccc8cc(-c9ccc(N(c%10ccc%11c(c%10)C(C)(C)c%10ccccc%10-%11)c%10cccc%11c%10-c%10ccccc%10C%11%10C%11CC%12CC(C%11)CC%10C%12)cc9)ccc8c7c6)CC6CC3[C@@]6(C4)C5)cc21. The van der Waals surface area contributed by atoms with Gasteiger partial charge < -0.3 is 9.80 Å². The van der Waals surface area contributed by atoms with E-state index in [0.29, 0.717) is 29.1 Å². The lowest BCUT2D eigenvalue weighted by Gasteiger charge is -2.61. The van der Waals surface area contributed by atoms with Gasteiger partial charge in [0.05, 0.1) is 11.4 Å². The number of fused-ring (bicyclic) bond motifs is 23. The van der Waals surface area contributed by atoms with Crippen LogP contribution in [0.25, 0.3) is 91.8 Å². The van der Waals surface area contributed by atoms with Gasteiger partial charge in [0.15, 0.2) is 0 Å². The van der Waals surface area contributed by atoms with E-state index in [9.17, 15) is 0 Å². The van der Waals surface area contributed by atoms with Crippen molar-refractivity contribution in [1.82, 2.24) is 0 Å². The summed E-state index contributed by atoms with van der Waals surface area (Å²) in [5.74, 6) is 5.19. The Labute approximate surface area is 649 Å². The molecular weight excluding hydrogens is 1350 g/mol. The molecular formula is C107H88N2S. The molecule has 0 radical (unpaired) electrons. The van der Waals surface area contributed by atoms with Crippen molar-refractivity contribution in [3.8, 4) is 44.5 Å². The first-order valence-electron chi connectivity index (χ1n) is 41.7. The molecule has 0 saturated heterocycles. The summed E-state index contributed by atoms with van der Waals surface area (Å²) < 4.78 is 2.69. The molecule has 0 aliphatic heterocycles. The van der Waals surface area contributed by atoms with Crippen molar-refractivity contribution in [3.05, 3.63) is 329 Å². The highest BCUT2D eigenvalue weighted by Crippen LogP contribution is 2.86. The standard InChI is InChI=1S/C107H88N2S/c1-102(2)87-22-10-5-17-78(87)80-44-40-75(56-93(80)102)108(95-28-15-26-91-100(95)83-20-7-12-24-89(83)106(91)69-48-62-47-63(50-69)51-70(106)49-62)73-38-34-64(35-39-73)66-36-43-77-67(52-66)32-31-65-33-37-68(53-85(65)77)104-58-71-54-99-105(71,61-104)60-72(59-104)107(99)90-25-13-8-21-84(90)101-92(107)27-16-29-96(101)109(74-42-46-98-86(55-74)82-19-9-14-30-97(82)110-98)76-41-45-81-79-18-6-11-23-88(79)103(3,4)94(81)57-76/h5-12,14-24,26-46,52-53,55-57,62-63,69-72,99H,13,25,47-51,54,58-61H2,1-4H3/t62?,63?,69?,70?,71?,72?,99?,104?,105-,106?,107?/m0/s1. The Bertz CT molecular complexity index is 6520. The molecule has 5 unspecified atom stereocenters. The smallest absolute Gasteiger partial charge is 0.0543 e. The molecule has 8 fully saturated rings. The monoisotopic (exact) mass is 1430 g/mol. The van der Waals surface area contributed by atoms with Gasteiger partial charge in [0, 0.05) is 75.7 Å². The van der Waals surface area contributed by atoms with Crippen molar-refractivity contribution in [2.75, 3.05) is 9.80 Å². The van der Waals surface area contributed by atoms with Gasteiger partial charge in [-0.2, -0.15) is 0 Å². The van der Waals surface area contributed by atoms with Crippen LogP contribution in [0.4, 0.5) is 34.1 Å². The minimum Gasteiger partial charge on any atom is -0.310 e. The van der Waals surface area contributed by atoms with Gasteiger partial charge in [-0.15, -0.1) is 11.3 Å². The number of thiophene rings is 1. The first-order valence-corrected chi connectivity index (χ1v) is 42.5. The van der Waals surface area contributed by atoms with Crippen molar-refractivity contribution in [1.29, 1.82) is 0 Å². The zero-order valence-electron chi connectivity index (χ0n) is 63.3. The number of hydrogen-bond acceptors (Lipinski definition) is 3. The van der Waals surface area contributed by atoms with E-state index in [1.165, 1.54) is 218 Å². The number of anilines is 6. The van der Waals surface area contributed by atoms with E-state index >= 15 is 0 Å². The zero-order chi connectivity index (χ0) is 72.3. The second kappa shape index (κ2) is 21.4. The Balaban J connectivity index is 0.565. The number of nitrogens with zero attached hydrogens (tertiary/aromatic N) is 2. The van der Waals surface area contributed by atoms with Crippen LogP contribution in [-0.2, 0) is 27.1 Å².